The van der Waals surface area contributed by atoms with Crippen molar-refractivity contribution < 1.29 is 14.6 Å². The summed E-state index contributed by atoms with van der Waals surface area (Å²) in [4.78, 5) is 15.4. The van der Waals surface area contributed by atoms with Gasteiger partial charge in [0.2, 0.25) is 0 Å². The Hall–Kier alpha value is -1.95. The molecule has 0 bridgehead atoms. The summed E-state index contributed by atoms with van der Waals surface area (Å²) in [7, 11) is 1.66. The van der Waals surface area contributed by atoms with Crippen LogP contribution in [0.15, 0.2) is 12.1 Å². The van der Waals surface area contributed by atoms with E-state index in [0.717, 1.165) is 59.9 Å². The second-order valence-corrected chi connectivity index (χ2v) is 13.6. The number of carbonyl (C=O) groups is 1. The number of methoxy groups -OCH3 is 1. The number of aromatic nitrogens is 3. The number of ketones is 1. The highest BCUT2D eigenvalue weighted by atomic mass is 16.5. The van der Waals surface area contributed by atoms with Crippen LogP contribution in [-0.4, -0.2) is 38.6 Å². The first kappa shape index (κ1) is 25.3. The number of Topliss-reactive ketones (excluding diaryl/α,β-unsaturated/α-hetero) is 1. The zero-order valence-corrected chi connectivity index (χ0v) is 23.4. The fourth-order valence-electron chi connectivity index (χ4n) is 10.2. The normalized spacial score (nSPS) is 41.2. The molecule has 0 unspecified atom stereocenters. The summed E-state index contributed by atoms with van der Waals surface area (Å²) in [6, 6.07) is 3.95. The molecule has 4 saturated carbocycles. The third kappa shape index (κ3) is 3.79. The molecule has 0 aliphatic heterocycles. The van der Waals surface area contributed by atoms with E-state index in [1.54, 1.807) is 11.9 Å². The molecule has 4 aliphatic rings. The number of nitrogens with zero attached hydrogens (tertiary/aromatic N) is 3. The smallest absolute Gasteiger partial charge is 0.159 e. The van der Waals surface area contributed by atoms with E-state index >= 15 is 0 Å². The molecule has 0 radical (unpaired) electrons. The lowest BCUT2D eigenvalue weighted by Gasteiger charge is -2.63. The molecule has 0 spiro atoms. The zero-order valence-electron chi connectivity index (χ0n) is 23.4. The van der Waals surface area contributed by atoms with Crippen LogP contribution in [0, 0.1) is 47.3 Å². The highest BCUT2D eigenvalue weighted by Crippen LogP contribution is 2.69. The maximum absolute atomic E-state index is 13.8. The highest BCUT2D eigenvalue weighted by molar-refractivity contribution is 5.84. The minimum absolute atomic E-state index is 0.0844. The third-order valence-corrected chi connectivity index (χ3v) is 11.9. The Labute approximate surface area is 221 Å². The van der Waals surface area contributed by atoms with E-state index < -0.39 is 5.60 Å². The standard InChI is InChI=1S/C31H45N3O3/c1-6-31-16-15-29(3,36)17-20(31)8-9-21-22-10-11-24(30(22,4)14-13-23(21)31)26(35)18-34-32-25-12-7-19(2)28(37-5)27(25)33-34/h7,12,20-24,36H,6,8-11,13-18H2,1-5H3/t20-,21-,22-,23-,24+,29+,30-,31-/m0/s1. The number of aliphatic hydroxyl groups is 1. The van der Waals surface area contributed by atoms with Gasteiger partial charge < -0.3 is 9.84 Å². The number of rotatable bonds is 5. The minimum atomic E-state index is -0.488. The van der Waals surface area contributed by atoms with Gasteiger partial charge >= 0.3 is 0 Å². The molecule has 1 aromatic heterocycles. The quantitative estimate of drug-likeness (QED) is 0.528. The van der Waals surface area contributed by atoms with E-state index in [-0.39, 0.29) is 17.9 Å². The van der Waals surface area contributed by atoms with Gasteiger partial charge in [-0.05, 0) is 124 Å². The van der Waals surface area contributed by atoms with Crippen LogP contribution in [0.3, 0.4) is 0 Å². The summed E-state index contributed by atoms with van der Waals surface area (Å²) >= 11 is 0. The molecule has 2 aromatic rings. The van der Waals surface area contributed by atoms with Crippen LogP contribution in [0.25, 0.3) is 11.0 Å². The van der Waals surface area contributed by atoms with Gasteiger partial charge in [0, 0.05) is 5.92 Å². The number of aryl methyl sites for hydroxylation is 1. The topological polar surface area (TPSA) is 77.2 Å². The predicted molar refractivity (Wildman–Crippen MR) is 144 cm³/mol. The van der Waals surface area contributed by atoms with Crippen molar-refractivity contribution in [3.05, 3.63) is 17.7 Å². The largest absolute Gasteiger partial charge is 0.494 e. The first-order valence-electron chi connectivity index (χ1n) is 14.8. The fraction of sp³-hybridized carbons (Fsp3) is 0.774. The maximum atomic E-state index is 13.8. The fourth-order valence-corrected chi connectivity index (χ4v) is 10.2. The number of benzene rings is 1. The average molecular weight is 508 g/mol. The Morgan fingerprint density at radius 1 is 1.08 bits per heavy atom. The van der Waals surface area contributed by atoms with Crippen molar-refractivity contribution >= 4 is 16.8 Å². The van der Waals surface area contributed by atoms with Gasteiger partial charge in [0.25, 0.3) is 0 Å². The molecule has 6 rings (SSSR count). The van der Waals surface area contributed by atoms with Crippen molar-refractivity contribution in [3.8, 4) is 5.75 Å². The molecule has 1 heterocycles. The maximum Gasteiger partial charge on any atom is 0.159 e. The van der Waals surface area contributed by atoms with Gasteiger partial charge in [-0.25, -0.2) is 0 Å². The summed E-state index contributed by atoms with van der Waals surface area (Å²) in [6.45, 7) is 9.14. The Balaban J connectivity index is 1.22. The molecule has 202 valence electrons. The zero-order chi connectivity index (χ0) is 26.2. The molecule has 4 aliphatic carbocycles. The lowest BCUT2D eigenvalue weighted by atomic mass is 9.42. The van der Waals surface area contributed by atoms with Crippen molar-refractivity contribution in [3.63, 3.8) is 0 Å². The van der Waals surface area contributed by atoms with Crippen LogP contribution in [-0.2, 0) is 11.3 Å². The number of hydrogen-bond acceptors (Lipinski definition) is 5. The van der Waals surface area contributed by atoms with E-state index in [2.05, 4.69) is 31.0 Å². The van der Waals surface area contributed by atoms with Crippen LogP contribution < -0.4 is 4.74 Å². The Kier molecular flexibility index (Phi) is 6.02. The highest BCUT2D eigenvalue weighted by Gasteiger charge is 2.62. The minimum Gasteiger partial charge on any atom is -0.494 e. The molecular weight excluding hydrogens is 462 g/mol. The van der Waals surface area contributed by atoms with Crippen molar-refractivity contribution in [2.24, 2.45) is 40.4 Å². The number of carbonyl (C=O) groups excluding carboxylic acids is 1. The molecule has 6 heteroatoms. The van der Waals surface area contributed by atoms with Crippen LogP contribution in [0.1, 0.15) is 90.5 Å². The summed E-state index contributed by atoms with van der Waals surface area (Å²) in [5.41, 5.74) is 2.53. The van der Waals surface area contributed by atoms with Gasteiger partial charge in [-0.3, -0.25) is 4.79 Å². The van der Waals surface area contributed by atoms with E-state index in [1.807, 2.05) is 19.1 Å². The van der Waals surface area contributed by atoms with E-state index in [9.17, 15) is 9.90 Å². The van der Waals surface area contributed by atoms with Gasteiger partial charge in [0.05, 0.1) is 12.7 Å². The number of ether oxygens (including phenoxy) is 1. The van der Waals surface area contributed by atoms with Crippen LogP contribution >= 0.6 is 0 Å². The Morgan fingerprint density at radius 2 is 1.89 bits per heavy atom. The van der Waals surface area contributed by atoms with Crippen molar-refractivity contribution in [2.45, 2.75) is 104 Å². The Morgan fingerprint density at radius 3 is 2.65 bits per heavy atom. The van der Waals surface area contributed by atoms with Crippen LogP contribution in [0.2, 0.25) is 0 Å². The van der Waals surface area contributed by atoms with Gasteiger partial charge in [-0.2, -0.15) is 9.90 Å². The summed E-state index contributed by atoms with van der Waals surface area (Å²) < 4.78 is 5.57. The van der Waals surface area contributed by atoms with E-state index in [4.69, 9.17) is 4.74 Å². The third-order valence-electron chi connectivity index (χ3n) is 11.9. The van der Waals surface area contributed by atoms with Crippen LogP contribution in [0.4, 0.5) is 0 Å². The second kappa shape index (κ2) is 8.79. The monoisotopic (exact) mass is 507 g/mol. The van der Waals surface area contributed by atoms with Crippen molar-refractivity contribution in [1.82, 2.24) is 15.0 Å². The van der Waals surface area contributed by atoms with Gasteiger partial charge in [0.1, 0.15) is 12.1 Å². The second-order valence-electron chi connectivity index (χ2n) is 13.6. The molecule has 1 aromatic carbocycles. The van der Waals surface area contributed by atoms with Gasteiger partial charge in [-0.1, -0.05) is 19.9 Å². The van der Waals surface area contributed by atoms with E-state index in [0.29, 0.717) is 23.0 Å². The SMILES string of the molecule is CC[C@]12CC[C@@](C)(O)C[C@@H]1CC[C@H]1[C@@H]3CC[C@H](C(=O)Cn4nc5ccc(C)c(OC)c5n4)[C@@]3(C)CC[C@@H]12. The average Bonchev–Trinajstić information content (AvgIpc) is 3.43. The van der Waals surface area contributed by atoms with Crippen LogP contribution in [0.5, 0.6) is 5.75 Å². The lowest BCUT2D eigenvalue weighted by molar-refractivity contribution is -0.158. The summed E-state index contributed by atoms with van der Waals surface area (Å²) in [6.07, 6.45) is 11.4. The summed E-state index contributed by atoms with van der Waals surface area (Å²) in [5, 5.41) is 20.2. The van der Waals surface area contributed by atoms with Gasteiger partial charge in [-0.15, -0.1) is 5.10 Å². The molecule has 0 saturated heterocycles. The predicted octanol–water partition coefficient (Wildman–Crippen LogP) is 6.12. The molecule has 4 fully saturated rings. The lowest BCUT2D eigenvalue weighted by Crippen LogP contribution is -2.56. The molecule has 1 N–H and O–H groups in total. The first-order chi connectivity index (χ1) is 17.6. The molecule has 8 atom stereocenters. The Bertz CT molecular complexity index is 1200. The van der Waals surface area contributed by atoms with Crippen molar-refractivity contribution in [1.29, 1.82) is 0 Å². The first-order valence-corrected chi connectivity index (χ1v) is 14.8. The molecule has 0 amide bonds. The van der Waals surface area contributed by atoms with Gasteiger partial charge in [0.15, 0.2) is 17.0 Å². The molecule has 6 nitrogen and oxygen atoms in total. The summed E-state index contributed by atoms with van der Waals surface area (Å²) in [5.74, 6) is 3.92. The van der Waals surface area contributed by atoms with Crippen molar-refractivity contribution in [2.75, 3.05) is 7.11 Å². The van der Waals surface area contributed by atoms with E-state index in [1.165, 1.54) is 38.5 Å². The number of fused-ring (bicyclic) bond motifs is 6. The molecular formula is C31H45N3O3. The number of hydrogen-bond donors (Lipinski definition) is 1. The molecule has 37 heavy (non-hydrogen) atoms.